The molecule has 9 aromatic rings. The first-order chi connectivity index (χ1) is 24.4. The minimum Gasteiger partial charge on any atom is -0.309 e. The van der Waals surface area contributed by atoms with E-state index >= 15 is 0 Å². The van der Waals surface area contributed by atoms with Gasteiger partial charge in [0.1, 0.15) is 0 Å². The molecule has 4 nitrogen and oxygen atoms in total. The third-order valence-electron chi connectivity index (χ3n) is 9.49. The van der Waals surface area contributed by atoms with E-state index in [0.717, 1.165) is 60.4 Å². The first-order valence-electron chi connectivity index (χ1n) is 16.1. The van der Waals surface area contributed by atoms with Gasteiger partial charge in [-0.3, -0.25) is 4.98 Å². The summed E-state index contributed by atoms with van der Waals surface area (Å²) in [6.45, 7) is 0. The molecule has 9 rings (SSSR count). The number of hydrogen-bond donors (Lipinski definition) is 0. The van der Waals surface area contributed by atoms with Crippen LogP contribution >= 0.6 is 0 Å². The maximum absolute atomic E-state index is 15.0. The number of para-hydroxylation sites is 3. The number of fused-ring (bicyclic) bond motifs is 6. The average Bonchev–Trinajstić information content (AvgIpc) is 3.67. The van der Waals surface area contributed by atoms with Crippen LogP contribution in [0.1, 0.15) is 11.1 Å². The summed E-state index contributed by atoms with van der Waals surface area (Å²) in [6.07, 6.45) is -1.16. The molecule has 50 heavy (non-hydrogen) atoms. The van der Waals surface area contributed by atoms with Gasteiger partial charge in [-0.1, -0.05) is 66.7 Å². The molecule has 0 N–H and O–H groups in total. The molecule has 0 atom stereocenters. The molecule has 3 heterocycles. The maximum Gasteiger partial charge on any atom is 0.418 e. The van der Waals surface area contributed by atoms with Crippen molar-refractivity contribution >= 4 is 43.6 Å². The minimum absolute atomic E-state index is 0.0841. The second-order valence-corrected chi connectivity index (χ2v) is 12.3. The van der Waals surface area contributed by atoms with Gasteiger partial charge in [0.2, 0.25) is 0 Å². The molecule has 0 aliphatic rings. The van der Waals surface area contributed by atoms with Crippen molar-refractivity contribution in [3.63, 3.8) is 0 Å². The zero-order valence-electron chi connectivity index (χ0n) is 26.4. The van der Waals surface area contributed by atoms with Crippen LogP contribution in [-0.2, 0) is 6.18 Å². The monoisotopic (exact) mass is 654 g/mol. The van der Waals surface area contributed by atoms with Gasteiger partial charge in [-0.15, -0.1) is 0 Å². The van der Waals surface area contributed by atoms with E-state index < -0.39 is 11.7 Å². The van der Waals surface area contributed by atoms with E-state index in [1.165, 1.54) is 6.07 Å². The zero-order valence-corrected chi connectivity index (χ0v) is 26.4. The van der Waals surface area contributed by atoms with Crippen LogP contribution < -0.4 is 0 Å². The summed E-state index contributed by atoms with van der Waals surface area (Å²) in [5.41, 5.74) is 6.99. The number of nitrogens with zero attached hydrogens (tertiary/aromatic N) is 4. The number of halogens is 3. The van der Waals surface area contributed by atoms with Gasteiger partial charge in [-0.25, -0.2) is 0 Å². The quantitative estimate of drug-likeness (QED) is 0.190. The van der Waals surface area contributed by atoms with E-state index in [1.807, 2.05) is 115 Å². The Hall–Kier alpha value is -6.65. The molecule has 0 spiro atoms. The highest BCUT2D eigenvalue weighted by molar-refractivity contribution is 6.11. The van der Waals surface area contributed by atoms with Crippen LogP contribution in [0, 0.1) is 11.3 Å². The molecule has 7 heteroatoms. The molecule has 0 saturated carbocycles. The molecule has 0 amide bonds. The van der Waals surface area contributed by atoms with Crippen molar-refractivity contribution in [2.45, 2.75) is 6.18 Å². The largest absolute Gasteiger partial charge is 0.418 e. The Morgan fingerprint density at radius 3 is 1.64 bits per heavy atom. The lowest BCUT2D eigenvalue weighted by Gasteiger charge is -2.18. The summed E-state index contributed by atoms with van der Waals surface area (Å²) >= 11 is 0. The van der Waals surface area contributed by atoms with E-state index in [-0.39, 0.29) is 5.69 Å². The highest BCUT2D eigenvalue weighted by Gasteiger charge is 2.35. The summed E-state index contributed by atoms with van der Waals surface area (Å²) in [4.78, 5) is 4.17. The summed E-state index contributed by atoms with van der Waals surface area (Å²) < 4.78 is 48.8. The van der Waals surface area contributed by atoms with Gasteiger partial charge in [0, 0.05) is 39.5 Å². The lowest BCUT2D eigenvalue weighted by molar-refractivity contribution is -0.137. The fourth-order valence-corrected chi connectivity index (χ4v) is 7.29. The Kier molecular flexibility index (Phi) is 6.61. The molecule has 6 aromatic carbocycles. The Morgan fingerprint density at radius 2 is 1.02 bits per heavy atom. The van der Waals surface area contributed by atoms with Gasteiger partial charge in [0.25, 0.3) is 0 Å². The van der Waals surface area contributed by atoms with Crippen LogP contribution in [0.4, 0.5) is 13.2 Å². The number of pyridine rings is 1. The summed E-state index contributed by atoms with van der Waals surface area (Å²) in [7, 11) is 0. The van der Waals surface area contributed by atoms with Crippen molar-refractivity contribution in [2.75, 3.05) is 0 Å². The lowest BCUT2D eigenvalue weighted by Crippen LogP contribution is -2.11. The van der Waals surface area contributed by atoms with Gasteiger partial charge in [-0.05, 0) is 89.5 Å². The van der Waals surface area contributed by atoms with Crippen molar-refractivity contribution in [1.29, 1.82) is 5.26 Å². The Bertz CT molecular complexity index is 2770. The number of rotatable bonds is 4. The van der Waals surface area contributed by atoms with E-state index in [0.29, 0.717) is 16.7 Å². The number of aromatic nitrogens is 3. The van der Waals surface area contributed by atoms with E-state index in [2.05, 4.69) is 15.6 Å². The average molecular weight is 655 g/mol. The molecular weight excluding hydrogens is 629 g/mol. The molecular formula is C43H25F3N4. The molecule has 0 bridgehead atoms. The van der Waals surface area contributed by atoms with Crippen LogP contribution in [0.3, 0.4) is 0 Å². The molecule has 0 aliphatic heterocycles. The van der Waals surface area contributed by atoms with Gasteiger partial charge in [-0.2, -0.15) is 18.4 Å². The van der Waals surface area contributed by atoms with Crippen LogP contribution in [-0.4, -0.2) is 14.1 Å². The molecule has 238 valence electrons. The number of hydrogen-bond acceptors (Lipinski definition) is 2. The SMILES string of the molecule is N#Cc1ccc(-n2c3ccccc3c3cc(-c4ccc(-n5c6ccccc6c6ccccc65)c(C(F)(F)F)c4)ccc32)c(-c2ccncc2)c1. The normalized spacial score (nSPS) is 11.9. The number of alkyl halides is 3. The maximum atomic E-state index is 15.0. The van der Waals surface area contributed by atoms with Gasteiger partial charge in [0.05, 0.1) is 50.6 Å². The molecule has 0 unspecified atom stereocenters. The third kappa shape index (κ3) is 4.57. The predicted octanol–water partition coefficient (Wildman–Crippen LogP) is 11.5. The topological polar surface area (TPSA) is 46.5 Å². The van der Waals surface area contributed by atoms with Crippen LogP contribution in [0.2, 0.25) is 0 Å². The highest BCUT2D eigenvalue weighted by atomic mass is 19.4. The van der Waals surface area contributed by atoms with Crippen molar-refractivity contribution in [3.05, 3.63) is 163 Å². The molecule has 0 radical (unpaired) electrons. The summed E-state index contributed by atoms with van der Waals surface area (Å²) in [5, 5.41) is 13.4. The van der Waals surface area contributed by atoms with Gasteiger partial charge in [0.15, 0.2) is 0 Å². The molecule has 0 saturated heterocycles. The Morgan fingerprint density at radius 1 is 0.500 bits per heavy atom. The lowest BCUT2D eigenvalue weighted by atomic mass is 9.99. The number of benzene rings is 6. The van der Waals surface area contributed by atoms with Gasteiger partial charge >= 0.3 is 6.18 Å². The first-order valence-corrected chi connectivity index (χ1v) is 16.1. The van der Waals surface area contributed by atoms with Crippen molar-refractivity contribution in [3.8, 4) is 39.7 Å². The predicted molar refractivity (Wildman–Crippen MR) is 194 cm³/mol. The second-order valence-electron chi connectivity index (χ2n) is 12.3. The van der Waals surface area contributed by atoms with E-state index in [1.54, 1.807) is 35.2 Å². The molecule has 3 aromatic heterocycles. The standard InChI is InChI=1S/C43H25F3N4/c44-43(45,46)36-25-30(15-18-42(36)50-37-10-4-1-7-31(37)32-8-2-5-11-38(32)50)29-14-17-41-35(24-29)33-9-3-6-12-39(33)49(41)40-16-13-27(26-47)23-34(40)28-19-21-48-22-20-28/h1-25H. The third-order valence-corrected chi connectivity index (χ3v) is 9.49. The minimum atomic E-state index is -4.60. The molecule has 0 aliphatic carbocycles. The second kappa shape index (κ2) is 11.2. The Balaban J connectivity index is 1.25. The van der Waals surface area contributed by atoms with Crippen molar-refractivity contribution in [1.82, 2.24) is 14.1 Å². The highest BCUT2D eigenvalue weighted by Crippen LogP contribution is 2.42. The number of nitriles is 1. The summed E-state index contributed by atoms with van der Waals surface area (Å²) in [5.74, 6) is 0. The fourth-order valence-electron chi connectivity index (χ4n) is 7.29. The molecule has 0 fully saturated rings. The Labute approximate surface area is 284 Å². The fraction of sp³-hybridized carbons (Fsp3) is 0.0233. The van der Waals surface area contributed by atoms with Crippen LogP contribution in [0.5, 0.6) is 0 Å². The van der Waals surface area contributed by atoms with E-state index in [9.17, 15) is 18.4 Å². The first kappa shape index (κ1) is 29.5. The van der Waals surface area contributed by atoms with Crippen LogP contribution in [0.15, 0.2) is 152 Å². The van der Waals surface area contributed by atoms with Crippen molar-refractivity contribution < 1.29 is 13.2 Å². The van der Waals surface area contributed by atoms with Crippen molar-refractivity contribution in [2.24, 2.45) is 0 Å². The zero-order chi connectivity index (χ0) is 34.0. The van der Waals surface area contributed by atoms with E-state index in [4.69, 9.17) is 0 Å². The summed E-state index contributed by atoms with van der Waals surface area (Å²) in [6, 6.07) is 45.2. The van der Waals surface area contributed by atoms with Gasteiger partial charge < -0.3 is 9.13 Å². The van der Waals surface area contributed by atoms with Crippen LogP contribution in [0.25, 0.3) is 77.2 Å². The smallest absolute Gasteiger partial charge is 0.309 e.